The zero-order valence-electron chi connectivity index (χ0n) is 17.6. The van der Waals surface area contributed by atoms with Crippen LogP contribution in [0, 0.1) is 13.8 Å². The van der Waals surface area contributed by atoms with Crippen molar-refractivity contribution >= 4 is 16.1 Å². The molecule has 1 saturated heterocycles. The normalized spacial score (nSPS) is 15.3. The van der Waals surface area contributed by atoms with E-state index in [1.54, 1.807) is 24.0 Å². The van der Waals surface area contributed by atoms with E-state index in [-0.39, 0.29) is 22.8 Å². The fraction of sp³-hybridized carbons (Fsp3) is 0.500. The third kappa shape index (κ3) is 4.59. The van der Waals surface area contributed by atoms with Crippen LogP contribution in [0.2, 0.25) is 0 Å². The fourth-order valence-corrected chi connectivity index (χ4v) is 4.89. The highest BCUT2D eigenvalue weighted by Gasteiger charge is 2.29. The third-order valence-corrected chi connectivity index (χ3v) is 6.76. The van der Waals surface area contributed by atoms with Crippen LogP contribution in [-0.2, 0) is 14.8 Å². The molecule has 1 aromatic carbocycles. The number of likely N-dealkylation sites (tertiary alicyclic amines) is 1. The fourth-order valence-electron chi connectivity index (χ4n) is 3.39. The van der Waals surface area contributed by atoms with Gasteiger partial charge in [0.05, 0.1) is 19.4 Å². The average molecular weight is 438 g/mol. The first-order valence-corrected chi connectivity index (χ1v) is 11.3. The largest absolute Gasteiger partial charge is 0.495 e. The van der Waals surface area contributed by atoms with Gasteiger partial charge in [0.1, 0.15) is 10.6 Å². The van der Waals surface area contributed by atoms with Gasteiger partial charge in [-0.2, -0.15) is 0 Å². The maximum atomic E-state index is 13.1. The summed E-state index contributed by atoms with van der Waals surface area (Å²) in [4.78, 5) is 13.5. The molecule has 2 heterocycles. The molecule has 1 aromatic heterocycles. The zero-order chi connectivity index (χ0) is 21.9. The Hall–Kier alpha value is -2.59. The van der Waals surface area contributed by atoms with Crippen LogP contribution in [-0.4, -0.2) is 57.4 Å². The van der Waals surface area contributed by atoms with E-state index in [9.17, 15) is 13.2 Å². The molecular formula is C20H27N3O6S. The third-order valence-electron chi connectivity index (χ3n) is 5.22. The van der Waals surface area contributed by atoms with Crippen LogP contribution in [0.5, 0.6) is 5.75 Å². The molecule has 1 aliphatic heterocycles. The minimum absolute atomic E-state index is 0.0313. The maximum absolute atomic E-state index is 13.1. The summed E-state index contributed by atoms with van der Waals surface area (Å²) in [5, 5.41) is 3.94. The topological polar surface area (TPSA) is 111 Å². The predicted octanol–water partition coefficient (Wildman–Crippen LogP) is 2.87. The Kier molecular flexibility index (Phi) is 6.67. The summed E-state index contributed by atoms with van der Waals surface area (Å²) in [7, 11) is -2.43. The monoisotopic (exact) mass is 437 g/mol. The molecule has 9 nitrogen and oxygen atoms in total. The number of aromatic nitrogens is 1. The standard InChI is InChI=1S/C20H27N3O6S/c1-5-28-20(24)23-10-8-16(9-11-23)22-30(25,26)18-12-15(6-7-17(18)27-4)19-13(2)14(3)21-29-19/h6-7,12,16,22H,5,8-11H2,1-4H3. The average Bonchev–Trinajstić information content (AvgIpc) is 3.06. The van der Waals surface area contributed by atoms with Gasteiger partial charge in [-0.15, -0.1) is 0 Å². The number of nitrogens with zero attached hydrogens (tertiary/aromatic N) is 2. The van der Waals surface area contributed by atoms with E-state index < -0.39 is 10.0 Å². The van der Waals surface area contributed by atoms with E-state index in [0.717, 1.165) is 11.3 Å². The number of ether oxygens (including phenoxy) is 2. The molecule has 10 heteroatoms. The number of methoxy groups -OCH3 is 1. The lowest BCUT2D eigenvalue weighted by atomic mass is 10.1. The molecule has 1 fully saturated rings. The zero-order valence-corrected chi connectivity index (χ0v) is 18.4. The number of aryl methyl sites for hydroxylation is 1. The van der Waals surface area contributed by atoms with Gasteiger partial charge in [-0.1, -0.05) is 5.16 Å². The lowest BCUT2D eigenvalue weighted by Crippen LogP contribution is -2.46. The Morgan fingerprint density at radius 2 is 2.00 bits per heavy atom. The molecule has 0 saturated carbocycles. The van der Waals surface area contributed by atoms with Gasteiger partial charge >= 0.3 is 6.09 Å². The molecule has 0 unspecified atom stereocenters. The van der Waals surface area contributed by atoms with Crippen LogP contribution < -0.4 is 9.46 Å². The Bertz CT molecular complexity index is 1010. The number of nitrogens with one attached hydrogen (secondary N) is 1. The second kappa shape index (κ2) is 9.05. The molecule has 1 amide bonds. The van der Waals surface area contributed by atoms with Crippen molar-refractivity contribution in [2.45, 2.75) is 44.6 Å². The van der Waals surface area contributed by atoms with Crippen molar-refractivity contribution in [2.75, 3.05) is 26.8 Å². The van der Waals surface area contributed by atoms with Crippen LogP contribution in [0.15, 0.2) is 27.6 Å². The van der Waals surface area contributed by atoms with Crippen molar-refractivity contribution in [3.8, 4) is 17.1 Å². The molecule has 0 atom stereocenters. The Labute approximate surface area is 176 Å². The molecule has 1 aliphatic rings. The summed E-state index contributed by atoms with van der Waals surface area (Å²) in [6.07, 6.45) is 0.631. The second-order valence-electron chi connectivity index (χ2n) is 7.17. The minimum atomic E-state index is -3.86. The molecule has 0 aliphatic carbocycles. The van der Waals surface area contributed by atoms with Crippen molar-refractivity contribution < 1.29 is 27.2 Å². The van der Waals surface area contributed by atoms with Crippen molar-refractivity contribution in [1.29, 1.82) is 0 Å². The first-order valence-electron chi connectivity index (χ1n) is 9.82. The van der Waals surface area contributed by atoms with E-state index in [4.69, 9.17) is 14.0 Å². The smallest absolute Gasteiger partial charge is 0.409 e. The molecule has 2 aromatic rings. The van der Waals surface area contributed by atoms with Gasteiger partial charge < -0.3 is 18.9 Å². The van der Waals surface area contributed by atoms with Crippen LogP contribution in [0.4, 0.5) is 4.79 Å². The second-order valence-corrected chi connectivity index (χ2v) is 8.85. The van der Waals surface area contributed by atoms with Gasteiger partial charge in [-0.25, -0.2) is 17.9 Å². The Morgan fingerprint density at radius 3 is 2.57 bits per heavy atom. The summed E-state index contributed by atoms with van der Waals surface area (Å²) >= 11 is 0. The summed E-state index contributed by atoms with van der Waals surface area (Å²) in [5.74, 6) is 0.762. The minimum Gasteiger partial charge on any atom is -0.495 e. The lowest BCUT2D eigenvalue weighted by molar-refractivity contribution is 0.0966. The molecule has 3 rings (SSSR count). The van der Waals surface area contributed by atoms with Crippen LogP contribution in [0.1, 0.15) is 31.0 Å². The molecule has 0 bridgehead atoms. The predicted molar refractivity (Wildman–Crippen MR) is 110 cm³/mol. The van der Waals surface area contributed by atoms with Crippen molar-refractivity contribution in [3.63, 3.8) is 0 Å². The van der Waals surface area contributed by atoms with Gasteiger partial charge in [0.25, 0.3) is 0 Å². The summed E-state index contributed by atoms with van der Waals surface area (Å²) in [6, 6.07) is 4.58. The van der Waals surface area contributed by atoms with Crippen molar-refractivity contribution in [3.05, 3.63) is 29.5 Å². The van der Waals surface area contributed by atoms with E-state index in [0.29, 0.717) is 43.9 Å². The van der Waals surface area contributed by atoms with Crippen molar-refractivity contribution in [1.82, 2.24) is 14.8 Å². The first-order chi connectivity index (χ1) is 14.3. The van der Waals surface area contributed by atoms with E-state index >= 15 is 0 Å². The van der Waals surface area contributed by atoms with Crippen LogP contribution >= 0.6 is 0 Å². The van der Waals surface area contributed by atoms with E-state index in [1.807, 2.05) is 13.8 Å². The Morgan fingerprint density at radius 1 is 1.30 bits per heavy atom. The van der Waals surface area contributed by atoms with Crippen molar-refractivity contribution in [2.24, 2.45) is 0 Å². The molecule has 0 spiro atoms. The van der Waals surface area contributed by atoms with E-state index in [2.05, 4.69) is 9.88 Å². The van der Waals surface area contributed by atoms with Gasteiger partial charge in [0, 0.05) is 30.3 Å². The first kappa shape index (κ1) is 22.1. The molecule has 0 radical (unpaired) electrons. The van der Waals surface area contributed by atoms with Gasteiger partial charge in [0.2, 0.25) is 10.0 Å². The molecular weight excluding hydrogens is 410 g/mol. The highest BCUT2D eigenvalue weighted by Crippen LogP contribution is 2.32. The number of carbonyl (C=O) groups is 1. The van der Waals surface area contributed by atoms with Gasteiger partial charge in [-0.05, 0) is 51.8 Å². The maximum Gasteiger partial charge on any atom is 0.409 e. The summed E-state index contributed by atoms with van der Waals surface area (Å²) < 4.78 is 44.7. The van der Waals surface area contributed by atoms with Crippen LogP contribution in [0.3, 0.4) is 0 Å². The van der Waals surface area contributed by atoms with Gasteiger partial charge in [-0.3, -0.25) is 0 Å². The van der Waals surface area contributed by atoms with Gasteiger partial charge in [0.15, 0.2) is 5.76 Å². The highest BCUT2D eigenvalue weighted by atomic mass is 32.2. The summed E-state index contributed by atoms with van der Waals surface area (Å²) in [6.45, 7) is 6.62. The molecule has 164 valence electrons. The Balaban J connectivity index is 1.79. The number of rotatable bonds is 6. The van der Waals surface area contributed by atoms with Crippen LogP contribution in [0.25, 0.3) is 11.3 Å². The highest BCUT2D eigenvalue weighted by molar-refractivity contribution is 7.89. The number of benzene rings is 1. The SMILES string of the molecule is CCOC(=O)N1CCC(NS(=O)(=O)c2cc(-c3onc(C)c3C)ccc2OC)CC1. The van der Waals surface area contributed by atoms with E-state index in [1.165, 1.54) is 13.2 Å². The number of carbonyl (C=O) groups excluding carboxylic acids is 1. The quantitative estimate of drug-likeness (QED) is 0.740. The molecule has 30 heavy (non-hydrogen) atoms. The number of amides is 1. The number of hydrogen-bond donors (Lipinski definition) is 1. The summed E-state index contributed by atoms with van der Waals surface area (Å²) in [5.41, 5.74) is 2.20. The lowest BCUT2D eigenvalue weighted by Gasteiger charge is -2.31. The number of piperidine rings is 1. The molecule has 1 N–H and O–H groups in total. The number of hydrogen-bond acceptors (Lipinski definition) is 7. The number of sulfonamides is 1.